The maximum absolute atomic E-state index is 12.4. The zero-order valence-electron chi connectivity index (χ0n) is 14.7. The first kappa shape index (κ1) is 18.3. The van der Waals surface area contributed by atoms with E-state index in [1.54, 1.807) is 5.01 Å². The fourth-order valence-electron chi connectivity index (χ4n) is 3.11. The van der Waals surface area contributed by atoms with E-state index >= 15 is 0 Å². The lowest BCUT2D eigenvalue weighted by atomic mass is 10.1. The standard InChI is InChI=1S/C20H22ClN3O2/c1-23(18-8-3-2-4-9-18)24-14-16(13-19(24)25)20(26)22-11-10-15-6-5-7-17(21)12-15/h2-9,12,16H,10-11,13-14H2,1H3,(H,22,26). The molecule has 1 fully saturated rings. The normalized spacial score (nSPS) is 16.6. The number of amides is 2. The Balaban J connectivity index is 1.52. The minimum absolute atomic E-state index is 0.0358. The molecule has 1 aliphatic rings. The van der Waals surface area contributed by atoms with Gasteiger partial charge in [0.05, 0.1) is 18.2 Å². The van der Waals surface area contributed by atoms with Crippen LogP contribution in [0.15, 0.2) is 54.6 Å². The SMILES string of the molecule is CN(c1ccccc1)N1CC(C(=O)NCCc2cccc(Cl)c2)CC1=O. The molecule has 3 rings (SSSR count). The third-order valence-electron chi connectivity index (χ3n) is 4.57. The zero-order valence-corrected chi connectivity index (χ0v) is 15.4. The summed E-state index contributed by atoms with van der Waals surface area (Å²) in [5, 5.41) is 7.07. The summed E-state index contributed by atoms with van der Waals surface area (Å²) in [5.41, 5.74) is 1.99. The molecule has 0 saturated carbocycles. The van der Waals surface area contributed by atoms with Crippen LogP contribution in [-0.4, -0.2) is 37.0 Å². The third-order valence-corrected chi connectivity index (χ3v) is 4.80. The highest BCUT2D eigenvalue weighted by Crippen LogP contribution is 2.23. The fraction of sp³-hybridized carbons (Fsp3) is 0.300. The number of rotatable bonds is 6. The molecule has 2 aromatic carbocycles. The summed E-state index contributed by atoms with van der Waals surface area (Å²) >= 11 is 5.97. The molecule has 0 aliphatic carbocycles. The predicted octanol–water partition coefficient (Wildman–Crippen LogP) is 2.90. The second-order valence-corrected chi connectivity index (χ2v) is 6.84. The van der Waals surface area contributed by atoms with Gasteiger partial charge in [-0.25, -0.2) is 0 Å². The van der Waals surface area contributed by atoms with Crippen molar-refractivity contribution in [2.45, 2.75) is 12.8 Å². The second kappa shape index (κ2) is 8.23. The van der Waals surface area contributed by atoms with Gasteiger partial charge in [-0.3, -0.25) is 19.6 Å². The lowest BCUT2D eigenvalue weighted by Crippen LogP contribution is -2.42. The third kappa shape index (κ3) is 4.35. The van der Waals surface area contributed by atoms with Crippen LogP contribution in [0.25, 0.3) is 0 Å². The van der Waals surface area contributed by atoms with Crippen LogP contribution in [0, 0.1) is 5.92 Å². The fourth-order valence-corrected chi connectivity index (χ4v) is 3.32. The largest absolute Gasteiger partial charge is 0.355 e. The zero-order chi connectivity index (χ0) is 18.5. The van der Waals surface area contributed by atoms with Crippen molar-refractivity contribution in [3.63, 3.8) is 0 Å². The van der Waals surface area contributed by atoms with Crippen LogP contribution in [0.4, 0.5) is 5.69 Å². The van der Waals surface area contributed by atoms with Crippen molar-refractivity contribution in [2.24, 2.45) is 5.92 Å². The number of benzene rings is 2. The molecule has 1 heterocycles. The van der Waals surface area contributed by atoms with E-state index in [4.69, 9.17) is 11.6 Å². The van der Waals surface area contributed by atoms with Crippen molar-refractivity contribution < 1.29 is 9.59 Å². The molecular formula is C20H22ClN3O2. The maximum Gasteiger partial charge on any atom is 0.241 e. The molecule has 1 aliphatic heterocycles. The molecule has 0 bridgehead atoms. The molecule has 2 amide bonds. The summed E-state index contributed by atoms with van der Waals surface area (Å²) in [4.78, 5) is 24.7. The van der Waals surface area contributed by atoms with Gasteiger partial charge in [0.25, 0.3) is 0 Å². The van der Waals surface area contributed by atoms with E-state index in [0.29, 0.717) is 24.5 Å². The van der Waals surface area contributed by atoms with Crippen LogP contribution in [-0.2, 0) is 16.0 Å². The maximum atomic E-state index is 12.4. The van der Waals surface area contributed by atoms with Crippen molar-refractivity contribution in [3.05, 3.63) is 65.2 Å². The van der Waals surface area contributed by atoms with Gasteiger partial charge in [-0.05, 0) is 36.2 Å². The first-order valence-corrected chi connectivity index (χ1v) is 9.03. The van der Waals surface area contributed by atoms with E-state index in [0.717, 1.165) is 11.3 Å². The van der Waals surface area contributed by atoms with E-state index < -0.39 is 0 Å². The van der Waals surface area contributed by atoms with Gasteiger partial charge in [-0.15, -0.1) is 0 Å². The van der Waals surface area contributed by atoms with Gasteiger partial charge in [-0.2, -0.15) is 0 Å². The quantitative estimate of drug-likeness (QED) is 0.849. The molecule has 1 saturated heterocycles. The van der Waals surface area contributed by atoms with E-state index in [2.05, 4.69) is 5.32 Å². The van der Waals surface area contributed by atoms with Crippen molar-refractivity contribution in [1.82, 2.24) is 10.3 Å². The Morgan fingerprint density at radius 2 is 2.00 bits per heavy atom. The molecule has 1 unspecified atom stereocenters. The molecule has 5 nitrogen and oxygen atoms in total. The number of carbonyl (C=O) groups is 2. The Bertz CT molecular complexity index is 782. The molecule has 0 aromatic heterocycles. The Labute approximate surface area is 158 Å². The van der Waals surface area contributed by atoms with E-state index in [1.165, 1.54) is 0 Å². The monoisotopic (exact) mass is 371 g/mol. The minimum atomic E-state index is -0.326. The Morgan fingerprint density at radius 3 is 2.73 bits per heavy atom. The number of nitrogens with zero attached hydrogens (tertiary/aromatic N) is 2. The molecule has 2 aromatic rings. The number of hydrogen-bond acceptors (Lipinski definition) is 3. The summed E-state index contributed by atoms with van der Waals surface area (Å²) in [5.74, 6) is -0.441. The summed E-state index contributed by atoms with van der Waals surface area (Å²) in [7, 11) is 1.84. The smallest absolute Gasteiger partial charge is 0.241 e. The van der Waals surface area contributed by atoms with Gasteiger partial charge >= 0.3 is 0 Å². The molecule has 26 heavy (non-hydrogen) atoms. The Kier molecular flexibility index (Phi) is 5.78. The van der Waals surface area contributed by atoms with Crippen molar-refractivity contribution in [2.75, 3.05) is 25.1 Å². The van der Waals surface area contributed by atoms with Gasteiger partial charge in [0, 0.05) is 25.0 Å². The van der Waals surface area contributed by atoms with Crippen LogP contribution in [0.2, 0.25) is 5.02 Å². The number of halogens is 1. The number of para-hydroxylation sites is 1. The first-order chi connectivity index (χ1) is 12.5. The number of carbonyl (C=O) groups excluding carboxylic acids is 2. The van der Waals surface area contributed by atoms with Crippen LogP contribution in [0.5, 0.6) is 0 Å². The molecular weight excluding hydrogens is 350 g/mol. The molecule has 1 N–H and O–H groups in total. The van der Waals surface area contributed by atoms with Crippen LogP contribution >= 0.6 is 11.6 Å². The first-order valence-electron chi connectivity index (χ1n) is 8.66. The van der Waals surface area contributed by atoms with Gasteiger partial charge in [0.1, 0.15) is 0 Å². The van der Waals surface area contributed by atoms with Crippen LogP contribution in [0.3, 0.4) is 0 Å². The second-order valence-electron chi connectivity index (χ2n) is 6.41. The average molecular weight is 372 g/mol. The summed E-state index contributed by atoms with van der Waals surface area (Å²) in [6.07, 6.45) is 0.945. The van der Waals surface area contributed by atoms with Crippen molar-refractivity contribution >= 4 is 29.1 Å². The highest BCUT2D eigenvalue weighted by atomic mass is 35.5. The van der Waals surface area contributed by atoms with Gasteiger partial charge in [-0.1, -0.05) is 41.9 Å². The van der Waals surface area contributed by atoms with E-state index in [9.17, 15) is 9.59 Å². The lowest BCUT2D eigenvalue weighted by molar-refractivity contribution is -0.129. The van der Waals surface area contributed by atoms with Gasteiger partial charge < -0.3 is 5.32 Å². The lowest BCUT2D eigenvalue weighted by Gasteiger charge is -2.30. The van der Waals surface area contributed by atoms with Crippen LogP contribution < -0.4 is 10.3 Å². The molecule has 0 radical (unpaired) electrons. The van der Waals surface area contributed by atoms with E-state index in [-0.39, 0.29) is 24.2 Å². The number of nitrogens with one attached hydrogen (secondary N) is 1. The van der Waals surface area contributed by atoms with Gasteiger partial charge in [0.15, 0.2) is 0 Å². The average Bonchev–Trinajstić information content (AvgIpc) is 3.04. The minimum Gasteiger partial charge on any atom is -0.355 e. The summed E-state index contributed by atoms with van der Waals surface area (Å²) < 4.78 is 0. The highest BCUT2D eigenvalue weighted by Gasteiger charge is 2.36. The Hall–Kier alpha value is -2.53. The van der Waals surface area contributed by atoms with Crippen molar-refractivity contribution in [3.8, 4) is 0 Å². The number of hydrogen-bond donors (Lipinski definition) is 1. The molecule has 1 atom stereocenters. The highest BCUT2D eigenvalue weighted by molar-refractivity contribution is 6.30. The molecule has 136 valence electrons. The van der Waals surface area contributed by atoms with Gasteiger partial charge in [0.2, 0.25) is 11.8 Å². The summed E-state index contributed by atoms with van der Waals surface area (Å²) in [6, 6.07) is 17.2. The van der Waals surface area contributed by atoms with Crippen LogP contribution in [0.1, 0.15) is 12.0 Å². The topological polar surface area (TPSA) is 52.6 Å². The van der Waals surface area contributed by atoms with Crippen molar-refractivity contribution in [1.29, 1.82) is 0 Å². The summed E-state index contributed by atoms with van der Waals surface area (Å²) in [6.45, 7) is 0.922. The number of anilines is 1. The number of hydrazine groups is 1. The Morgan fingerprint density at radius 1 is 1.23 bits per heavy atom. The van der Waals surface area contributed by atoms with E-state index in [1.807, 2.05) is 66.7 Å². The molecule has 0 spiro atoms. The predicted molar refractivity (Wildman–Crippen MR) is 103 cm³/mol. The molecule has 6 heteroatoms.